The Balaban J connectivity index is 2.98. The molecule has 2 rings (SSSR count). The van der Waals surface area contributed by atoms with E-state index in [0.29, 0.717) is 4.83 Å². The fraction of sp³-hybridized carbons (Fsp3) is 0.111. The maximum absolute atomic E-state index is 11.4. The van der Waals surface area contributed by atoms with Crippen LogP contribution < -0.4 is 5.56 Å². The number of thiazole rings is 1. The summed E-state index contributed by atoms with van der Waals surface area (Å²) in [6.45, 7) is 1.77. The number of carboxylic acid groups (broad SMARTS) is 1. The molecule has 0 spiro atoms. The van der Waals surface area contributed by atoms with Crippen molar-refractivity contribution in [1.29, 1.82) is 0 Å². The van der Waals surface area contributed by atoms with Gasteiger partial charge in [-0.1, -0.05) is 0 Å². The Hall–Kier alpha value is -1.62. The van der Waals surface area contributed by atoms with E-state index in [9.17, 15) is 9.59 Å². The van der Waals surface area contributed by atoms with Crippen LogP contribution in [0, 0.1) is 6.92 Å². The topological polar surface area (TPSA) is 58.8 Å². The van der Waals surface area contributed by atoms with Gasteiger partial charge in [-0.3, -0.25) is 9.20 Å². The molecule has 0 amide bonds. The number of hydrogen-bond donors (Lipinski definition) is 1. The molecule has 1 N–H and O–H groups in total. The van der Waals surface area contributed by atoms with Crippen LogP contribution in [0.2, 0.25) is 0 Å². The van der Waals surface area contributed by atoms with Gasteiger partial charge >= 0.3 is 5.97 Å². The van der Waals surface area contributed by atoms with E-state index in [0.717, 1.165) is 5.69 Å². The van der Waals surface area contributed by atoms with E-state index in [-0.39, 0.29) is 11.1 Å². The minimum Gasteiger partial charge on any atom is -0.478 e. The Morgan fingerprint density at radius 3 is 2.86 bits per heavy atom. The number of pyridine rings is 1. The first-order chi connectivity index (χ1) is 6.61. The minimum atomic E-state index is -1.01. The zero-order valence-corrected chi connectivity index (χ0v) is 8.17. The number of fused-ring (bicyclic) bond motifs is 1. The molecule has 0 bridgehead atoms. The Morgan fingerprint density at radius 2 is 2.21 bits per heavy atom. The smallest absolute Gasteiger partial charge is 0.338 e. The van der Waals surface area contributed by atoms with E-state index in [2.05, 4.69) is 0 Å². The molecule has 2 aromatic heterocycles. The summed E-state index contributed by atoms with van der Waals surface area (Å²) in [5.74, 6) is -1.01. The standard InChI is InChI=1S/C9H7NO3S/c1-5-4-14-8-6(9(12)13)2-3-7(11)10(5)8/h2-4H,1H3,(H,12,13). The predicted octanol–water partition coefficient (Wildman–Crippen LogP) is 1.37. The van der Waals surface area contributed by atoms with Crippen LogP contribution >= 0.6 is 11.3 Å². The number of rotatable bonds is 1. The second-order valence-electron chi connectivity index (χ2n) is 2.91. The van der Waals surface area contributed by atoms with Crippen molar-refractivity contribution in [3.8, 4) is 0 Å². The fourth-order valence-corrected chi connectivity index (χ4v) is 2.34. The number of hydrogen-bond acceptors (Lipinski definition) is 3. The molecule has 0 aliphatic carbocycles. The van der Waals surface area contributed by atoms with E-state index >= 15 is 0 Å². The molecule has 0 unspecified atom stereocenters. The first-order valence-corrected chi connectivity index (χ1v) is 4.82. The quantitative estimate of drug-likeness (QED) is 0.771. The van der Waals surface area contributed by atoms with Crippen molar-refractivity contribution < 1.29 is 9.90 Å². The van der Waals surface area contributed by atoms with Crippen molar-refractivity contribution in [2.24, 2.45) is 0 Å². The van der Waals surface area contributed by atoms with E-state index < -0.39 is 5.97 Å². The Morgan fingerprint density at radius 1 is 1.50 bits per heavy atom. The normalized spacial score (nSPS) is 10.6. The van der Waals surface area contributed by atoms with Gasteiger partial charge < -0.3 is 5.11 Å². The summed E-state index contributed by atoms with van der Waals surface area (Å²) in [6.07, 6.45) is 0. The maximum atomic E-state index is 11.4. The lowest BCUT2D eigenvalue weighted by atomic mass is 10.3. The van der Waals surface area contributed by atoms with Gasteiger partial charge in [-0.05, 0) is 13.0 Å². The van der Waals surface area contributed by atoms with Gasteiger partial charge in [0.15, 0.2) is 0 Å². The van der Waals surface area contributed by atoms with E-state index in [1.807, 2.05) is 0 Å². The van der Waals surface area contributed by atoms with Crippen molar-refractivity contribution in [3.63, 3.8) is 0 Å². The highest BCUT2D eigenvalue weighted by Crippen LogP contribution is 2.17. The SMILES string of the molecule is Cc1csc2c(C(=O)O)ccc(=O)n12. The number of carbonyl (C=O) groups is 1. The molecule has 0 saturated heterocycles. The van der Waals surface area contributed by atoms with Crippen molar-refractivity contribution >= 4 is 22.1 Å². The van der Waals surface area contributed by atoms with Crippen LogP contribution in [0.3, 0.4) is 0 Å². The molecule has 0 aliphatic rings. The molecule has 0 aliphatic heterocycles. The highest BCUT2D eigenvalue weighted by Gasteiger charge is 2.12. The van der Waals surface area contributed by atoms with Crippen molar-refractivity contribution in [1.82, 2.24) is 4.40 Å². The highest BCUT2D eigenvalue weighted by molar-refractivity contribution is 7.16. The molecule has 0 aromatic carbocycles. The molecule has 5 heteroatoms. The predicted molar refractivity (Wildman–Crippen MR) is 53.2 cm³/mol. The first kappa shape index (κ1) is 8.96. The van der Waals surface area contributed by atoms with Crippen molar-refractivity contribution in [3.05, 3.63) is 39.1 Å². The third-order valence-corrected chi connectivity index (χ3v) is 3.06. The van der Waals surface area contributed by atoms with Gasteiger partial charge in [0.1, 0.15) is 4.83 Å². The van der Waals surface area contributed by atoms with Crippen LogP contribution in [0.15, 0.2) is 22.3 Å². The molecular weight excluding hydrogens is 202 g/mol. The molecule has 2 heterocycles. The molecule has 0 atom stereocenters. The number of aromatic carboxylic acids is 1. The van der Waals surface area contributed by atoms with Gasteiger partial charge in [-0.2, -0.15) is 0 Å². The van der Waals surface area contributed by atoms with E-state index in [4.69, 9.17) is 5.11 Å². The number of nitrogens with zero attached hydrogens (tertiary/aromatic N) is 1. The number of aromatic nitrogens is 1. The molecule has 0 saturated carbocycles. The lowest BCUT2D eigenvalue weighted by Crippen LogP contribution is -2.14. The van der Waals surface area contributed by atoms with Gasteiger partial charge in [0, 0.05) is 17.1 Å². The number of carboxylic acids is 1. The number of aryl methyl sites for hydroxylation is 1. The lowest BCUT2D eigenvalue weighted by molar-refractivity contribution is 0.0699. The summed E-state index contributed by atoms with van der Waals surface area (Å²) < 4.78 is 1.41. The summed E-state index contributed by atoms with van der Waals surface area (Å²) >= 11 is 1.27. The molecule has 72 valence electrons. The van der Waals surface area contributed by atoms with E-state index in [1.54, 1.807) is 12.3 Å². The monoisotopic (exact) mass is 209 g/mol. The van der Waals surface area contributed by atoms with Gasteiger partial charge in [-0.15, -0.1) is 11.3 Å². The van der Waals surface area contributed by atoms with Crippen molar-refractivity contribution in [2.75, 3.05) is 0 Å². The summed E-state index contributed by atoms with van der Waals surface area (Å²) in [5.41, 5.74) is 0.740. The van der Waals surface area contributed by atoms with Crippen LogP contribution in [0.25, 0.3) is 4.83 Å². The zero-order chi connectivity index (χ0) is 10.3. The molecular formula is C9H7NO3S. The summed E-state index contributed by atoms with van der Waals surface area (Å²) in [7, 11) is 0. The molecule has 0 radical (unpaired) electrons. The van der Waals surface area contributed by atoms with Crippen LogP contribution in [-0.2, 0) is 0 Å². The summed E-state index contributed by atoms with van der Waals surface area (Å²) in [6, 6.07) is 2.62. The third kappa shape index (κ3) is 1.13. The van der Waals surface area contributed by atoms with Gasteiger partial charge in [0.25, 0.3) is 5.56 Å². The Labute approximate surface area is 83.0 Å². The first-order valence-electron chi connectivity index (χ1n) is 3.94. The maximum Gasteiger partial charge on any atom is 0.338 e. The minimum absolute atomic E-state index is 0.169. The largest absolute Gasteiger partial charge is 0.478 e. The summed E-state index contributed by atoms with van der Waals surface area (Å²) in [4.78, 5) is 22.7. The average Bonchev–Trinajstić information content (AvgIpc) is 2.49. The Kier molecular flexibility index (Phi) is 1.89. The molecule has 4 nitrogen and oxygen atoms in total. The second kappa shape index (κ2) is 2.95. The van der Waals surface area contributed by atoms with Crippen LogP contribution in [0.5, 0.6) is 0 Å². The molecule has 2 aromatic rings. The van der Waals surface area contributed by atoms with Gasteiger partial charge in [0.2, 0.25) is 0 Å². The summed E-state index contributed by atoms with van der Waals surface area (Å²) in [5, 5.41) is 10.6. The van der Waals surface area contributed by atoms with Crippen LogP contribution in [0.1, 0.15) is 16.1 Å². The average molecular weight is 209 g/mol. The molecule has 0 fully saturated rings. The molecule has 14 heavy (non-hydrogen) atoms. The second-order valence-corrected chi connectivity index (χ2v) is 3.77. The fourth-order valence-electron chi connectivity index (χ4n) is 1.33. The van der Waals surface area contributed by atoms with Crippen LogP contribution in [-0.4, -0.2) is 15.5 Å². The van der Waals surface area contributed by atoms with E-state index in [1.165, 1.54) is 27.9 Å². The highest BCUT2D eigenvalue weighted by atomic mass is 32.1. The van der Waals surface area contributed by atoms with Crippen LogP contribution in [0.4, 0.5) is 0 Å². The third-order valence-electron chi connectivity index (χ3n) is 1.97. The lowest BCUT2D eigenvalue weighted by Gasteiger charge is -1.98. The van der Waals surface area contributed by atoms with Gasteiger partial charge in [0.05, 0.1) is 5.56 Å². The zero-order valence-electron chi connectivity index (χ0n) is 7.35. The van der Waals surface area contributed by atoms with Crippen molar-refractivity contribution in [2.45, 2.75) is 6.92 Å². The Bertz CT molecular complexity index is 567. The van der Waals surface area contributed by atoms with Gasteiger partial charge in [-0.25, -0.2) is 4.79 Å².